The summed E-state index contributed by atoms with van der Waals surface area (Å²) in [6, 6.07) is 0.437. The Kier molecular flexibility index (Phi) is 3.23. The van der Waals surface area contributed by atoms with Crippen molar-refractivity contribution < 1.29 is 4.74 Å². The Balaban J connectivity index is 1.56. The Morgan fingerprint density at radius 3 is 2.69 bits per heavy atom. The van der Waals surface area contributed by atoms with Crippen LogP contribution in [0.25, 0.3) is 0 Å². The van der Waals surface area contributed by atoms with E-state index in [0.29, 0.717) is 6.04 Å². The van der Waals surface area contributed by atoms with Crippen LogP contribution in [-0.4, -0.2) is 19.3 Å². The van der Waals surface area contributed by atoms with Gasteiger partial charge in [0.2, 0.25) is 0 Å². The molecule has 76 valence electrons. The van der Waals surface area contributed by atoms with Crippen molar-refractivity contribution in [3.8, 4) is 0 Å². The van der Waals surface area contributed by atoms with Crippen LogP contribution in [0.3, 0.4) is 0 Å². The van der Waals surface area contributed by atoms with E-state index in [9.17, 15) is 0 Å². The van der Waals surface area contributed by atoms with E-state index in [4.69, 9.17) is 10.5 Å². The van der Waals surface area contributed by atoms with Gasteiger partial charge in [-0.25, -0.2) is 0 Å². The molecule has 2 nitrogen and oxygen atoms in total. The van der Waals surface area contributed by atoms with E-state index < -0.39 is 0 Å². The van der Waals surface area contributed by atoms with Crippen molar-refractivity contribution in [1.29, 1.82) is 0 Å². The highest BCUT2D eigenvalue weighted by Crippen LogP contribution is 2.34. The van der Waals surface area contributed by atoms with Crippen LogP contribution < -0.4 is 5.73 Å². The van der Waals surface area contributed by atoms with E-state index in [2.05, 4.69) is 0 Å². The molecule has 1 aliphatic heterocycles. The highest BCUT2D eigenvalue weighted by molar-refractivity contribution is 4.77. The molecule has 2 N–H and O–H groups in total. The average Bonchev–Trinajstić information content (AvgIpc) is 2.82. The molecule has 2 fully saturated rings. The van der Waals surface area contributed by atoms with Crippen LogP contribution in [0.15, 0.2) is 0 Å². The van der Waals surface area contributed by atoms with Crippen LogP contribution in [0, 0.1) is 11.8 Å². The summed E-state index contributed by atoms with van der Waals surface area (Å²) in [6.45, 7) is 1.91. The summed E-state index contributed by atoms with van der Waals surface area (Å²) in [5.74, 6) is 1.79. The van der Waals surface area contributed by atoms with Gasteiger partial charge in [-0.2, -0.15) is 0 Å². The van der Waals surface area contributed by atoms with Crippen LogP contribution in [-0.2, 0) is 4.74 Å². The fourth-order valence-corrected chi connectivity index (χ4v) is 2.17. The first-order chi connectivity index (χ1) is 6.34. The molecule has 1 saturated carbocycles. The zero-order valence-corrected chi connectivity index (χ0v) is 8.37. The number of nitrogens with two attached hydrogens (primary N) is 1. The Morgan fingerprint density at radius 2 is 2.08 bits per heavy atom. The van der Waals surface area contributed by atoms with Crippen LogP contribution in [0.1, 0.15) is 38.5 Å². The van der Waals surface area contributed by atoms with E-state index in [0.717, 1.165) is 25.0 Å². The second-order valence-corrected chi connectivity index (χ2v) is 4.75. The lowest BCUT2D eigenvalue weighted by Gasteiger charge is -2.14. The predicted octanol–water partition coefficient (Wildman–Crippen LogP) is 1.93. The molecular formula is C11H21NO. The van der Waals surface area contributed by atoms with Gasteiger partial charge in [-0.15, -0.1) is 0 Å². The molecule has 1 saturated heterocycles. The van der Waals surface area contributed by atoms with Crippen LogP contribution in [0.2, 0.25) is 0 Å². The molecule has 0 aromatic carbocycles. The maximum absolute atomic E-state index is 6.07. The predicted molar refractivity (Wildman–Crippen MR) is 53.5 cm³/mol. The molecule has 0 radical (unpaired) electrons. The molecule has 0 amide bonds. The lowest BCUT2D eigenvalue weighted by atomic mass is 9.96. The fourth-order valence-electron chi connectivity index (χ4n) is 2.17. The Labute approximate surface area is 80.8 Å². The molecule has 0 aromatic rings. The SMILES string of the molecule is NC(CCC1CC1)CC1CCOC1. The van der Waals surface area contributed by atoms with Crippen LogP contribution in [0.4, 0.5) is 0 Å². The third kappa shape index (κ3) is 3.28. The molecule has 2 aliphatic rings. The van der Waals surface area contributed by atoms with Gasteiger partial charge < -0.3 is 10.5 Å². The topological polar surface area (TPSA) is 35.2 Å². The van der Waals surface area contributed by atoms with E-state index >= 15 is 0 Å². The smallest absolute Gasteiger partial charge is 0.0495 e. The molecule has 0 spiro atoms. The van der Waals surface area contributed by atoms with Crippen LogP contribution >= 0.6 is 0 Å². The van der Waals surface area contributed by atoms with Gasteiger partial charge in [-0.05, 0) is 37.5 Å². The first kappa shape index (κ1) is 9.47. The van der Waals surface area contributed by atoms with Gasteiger partial charge in [0.1, 0.15) is 0 Å². The van der Waals surface area contributed by atoms with Gasteiger partial charge in [0.05, 0.1) is 0 Å². The van der Waals surface area contributed by atoms with Crippen molar-refractivity contribution >= 4 is 0 Å². The van der Waals surface area contributed by atoms with E-state index in [1.165, 1.54) is 38.5 Å². The molecule has 2 unspecified atom stereocenters. The van der Waals surface area contributed by atoms with Gasteiger partial charge in [-0.1, -0.05) is 12.8 Å². The highest BCUT2D eigenvalue weighted by Gasteiger charge is 2.23. The number of hydrogen-bond acceptors (Lipinski definition) is 2. The van der Waals surface area contributed by atoms with Gasteiger partial charge in [-0.3, -0.25) is 0 Å². The Morgan fingerprint density at radius 1 is 1.23 bits per heavy atom. The summed E-state index contributed by atoms with van der Waals surface area (Å²) in [4.78, 5) is 0. The maximum atomic E-state index is 6.07. The normalized spacial score (nSPS) is 30.7. The van der Waals surface area contributed by atoms with Crippen LogP contribution in [0.5, 0.6) is 0 Å². The third-order valence-electron chi connectivity index (χ3n) is 3.30. The monoisotopic (exact) mass is 183 g/mol. The summed E-state index contributed by atoms with van der Waals surface area (Å²) in [6.07, 6.45) is 7.94. The standard InChI is InChI=1S/C11H21NO/c12-11(4-3-9-1-2-9)7-10-5-6-13-8-10/h9-11H,1-8,12H2. The molecule has 2 heteroatoms. The van der Waals surface area contributed by atoms with Gasteiger partial charge in [0.15, 0.2) is 0 Å². The highest BCUT2D eigenvalue weighted by atomic mass is 16.5. The maximum Gasteiger partial charge on any atom is 0.0495 e. The van der Waals surface area contributed by atoms with E-state index in [-0.39, 0.29) is 0 Å². The lowest BCUT2D eigenvalue weighted by molar-refractivity contribution is 0.182. The molecule has 2 atom stereocenters. The van der Waals surface area contributed by atoms with Gasteiger partial charge >= 0.3 is 0 Å². The second-order valence-electron chi connectivity index (χ2n) is 4.75. The summed E-state index contributed by atoms with van der Waals surface area (Å²) < 4.78 is 5.34. The molecular weight excluding hydrogens is 162 g/mol. The van der Waals surface area contributed by atoms with Crippen molar-refractivity contribution in [3.05, 3.63) is 0 Å². The van der Waals surface area contributed by atoms with Crippen molar-refractivity contribution in [2.45, 2.75) is 44.6 Å². The second kappa shape index (κ2) is 4.43. The summed E-state index contributed by atoms with van der Waals surface area (Å²) in [7, 11) is 0. The number of rotatable bonds is 5. The zero-order valence-electron chi connectivity index (χ0n) is 8.37. The summed E-state index contributed by atoms with van der Waals surface area (Å²) in [5.41, 5.74) is 6.07. The van der Waals surface area contributed by atoms with E-state index in [1.807, 2.05) is 0 Å². The number of hydrogen-bond donors (Lipinski definition) is 1. The Hall–Kier alpha value is -0.0800. The molecule has 1 heterocycles. The van der Waals surface area contributed by atoms with Crippen molar-refractivity contribution in [2.24, 2.45) is 17.6 Å². The minimum atomic E-state index is 0.437. The summed E-state index contributed by atoms with van der Waals surface area (Å²) in [5, 5.41) is 0. The first-order valence-corrected chi connectivity index (χ1v) is 5.68. The van der Waals surface area contributed by atoms with Gasteiger partial charge in [0, 0.05) is 19.3 Å². The van der Waals surface area contributed by atoms with E-state index in [1.54, 1.807) is 0 Å². The molecule has 0 aromatic heterocycles. The van der Waals surface area contributed by atoms with Crippen molar-refractivity contribution in [1.82, 2.24) is 0 Å². The number of ether oxygens (including phenoxy) is 1. The van der Waals surface area contributed by atoms with Crippen molar-refractivity contribution in [3.63, 3.8) is 0 Å². The summed E-state index contributed by atoms with van der Waals surface area (Å²) >= 11 is 0. The Bertz CT molecular complexity index is 150. The zero-order chi connectivity index (χ0) is 9.10. The largest absolute Gasteiger partial charge is 0.381 e. The molecule has 1 aliphatic carbocycles. The lowest BCUT2D eigenvalue weighted by Crippen LogP contribution is -2.23. The minimum Gasteiger partial charge on any atom is -0.381 e. The molecule has 2 rings (SSSR count). The third-order valence-corrected chi connectivity index (χ3v) is 3.30. The van der Waals surface area contributed by atoms with Crippen molar-refractivity contribution in [2.75, 3.05) is 13.2 Å². The van der Waals surface area contributed by atoms with Gasteiger partial charge in [0.25, 0.3) is 0 Å². The average molecular weight is 183 g/mol. The molecule has 0 bridgehead atoms. The first-order valence-electron chi connectivity index (χ1n) is 5.68. The minimum absolute atomic E-state index is 0.437. The molecule has 13 heavy (non-hydrogen) atoms. The fraction of sp³-hybridized carbons (Fsp3) is 1.00. The quantitative estimate of drug-likeness (QED) is 0.707.